The molecule has 0 saturated heterocycles. The normalized spacial score (nSPS) is 12.5. The highest BCUT2D eigenvalue weighted by molar-refractivity contribution is 6.74. The van der Waals surface area contributed by atoms with Crippen molar-refractivity contribution in [3.63, 3.8) is 0 Å². The first kappa shape index (κ1) is 25.4. The Kier molecular flexibility index (Phi) is 7.35. The molecule has 0 aliphatic rings. The number of pyridine rings is 2. The molecule has 3 aromatic heterocycles. The predicted octanol–water partition coefficient (Wildman–Crippen LogP) is 6.49. The van der Waals surface area contributed by atoms with Gasteiger partial charge in [0.1, 0.15) is 11.3 Å². The van der Waals surface area contributed by atoms with Crippen molar-refractivity contribution in [3.05, 3.63) is 58.2 Å². The number of hydrogen-bond acceptors (Lipinski definition) is 5. The fraction of sp³-hybridized carbons (Fsp3) is 0.423. The van der Waals surface area contributed by atoms with Gasteiger partial charge in [0.25, 0.3) is 0 Å². The molecule has 1 aromatic carbocycles. The number of unbranched alkanes of at least 4 members (excludes halogenated alkanes) is 2. The van der Waals surface area contributed by atoms with E-state index in [2.05, 4.69) is 48.8 Å². The second kappa shape index (κ2) is 10.1. The Labute approximate surface area is 211 Å². The van der Waals surface area contributed by atoms with Gasteiger partial charge in [0.2, 0.25) is 0 Å². The van der Waals surface area contributed by atoms with Crippen LogP contribution in [-0.4, -0.2) is 41.1 Å². The molecule has 0 atom stereocenters. The maximum absolute atomic E-state index is 12.9. The average molecular weight is 513 g/mol. The molecule has 0 saturated carbocycles. The lowest BCUT2D eigenvalue weighted by molar-refractivity contribution is 0.264. The fourth-order valence-corrected chi connectivity index (χ4v) is 5.01. The molecular weight excluding hydrogens is 480 g/mol. The van der Waals surface area contributed by atoms with Crippen LogP contribution in [0.25, 0.3) is 27.8 Å². The Hall–Kier alpha value is -2.68. The molecule has 0 aliphatic carbocycles. The minimum absolute atomic E-state index is 0.224. The molecule has 0 unspecified atom stereocenters. The van der Waals surface area contributed by atoms with Crippen molar-refractivity contribution in [1.29, 1.82) is 0 Å². The first-order chi connectivity index (χ1) is 16.6. The Bertz CT molecular complexity index is 1390. The van der Waals surface area contributed by atoms with Crippen molar-refractivity contribution in [2.75, 3.05) is 13.2 Å². The predicted molar refractivity (Wildman–Crippen MR) is 144 cm³/mol. The van der Waals surface area contributed by atoms with Crippen LogP contribution in [0.4, 0.5) is 0 Å². The second-order valence-electron chi connectivity index (χ2n) is 10.3. The Morgan fingerprint density at radius 3 is 2.54 bits per heavy atom. The van der Waals surface area contributed by atoms with Crippen molar-refractivity contribution >= 4 is 42.0 Å². The molecular formula is C26H33ClN4O3Si. The highest BCUT2D eigenvalue weighted by Gasteiger charge is 2.36. The molecule has 186 valence electrons. The van der Waals surface area contributed by atoms with E-state index in [4.69, 9.17) is 20.8 Å². The molecule has 35 heavy (non-hydrogen) atoms. The van der Waals surface area contributed by atoms with Gasteiger partial charge >= 0.3 is 5.69 Å². The third-order valence-electron chi connectivity index (χ3n) is 6.78. The molecule has 4 aromatic rings. The number of rotatable bonds is 9. The van der Waals surface area contributed by atoms with Gasteiger partial charge in [-0.05, 0) is 61.7 Å². The first-order valence-corrected chi connectivity index (χ1v) is 15.3. The van der Waals surface area contributed by atoms with Gasteiger partial charge in [0.15, 0.2) is 14.0 Å². The molecule has 0 spiro atoms. The monoisotopic (exact) mass is 512 g/mol. The summed E-state index contributed by atoms with van der Waals surface area (Å²) in [6.45, 7) is 12.7. The van der Waals surface area contributed by atoms with Gasteiger partial charge < -0.3 is 9.16 Å². The Balaban J connectivity index is 1.46. The number of H-pyrrole nitrogens is 1. The van der Waals surface area contributed by atoms with Crippen molar-refractivity contribution in [1.82, 2.24) is 19.5 Å². The topological polar surface area (TPSA) is 82.0 Å². The van der Waals surface area contributed by atoms with Crippen LogP contribution in [0.1, 0.15) is 40.0 Å². The number of nitrogens with one attached hydrogen (secondary N) is 1. The van der Waals surface area contributed by atoms with E-state index in [1.165, 1.54) is 0 Å². The molecule has 0 radical (unpaired) electrons. The molecule has 0 bridgehead atoms. The number of ether oxygens (including phenoxy) is 1. The third kappa shape index (κ3) is 5.44. The summed E-state index contributed by atoms with van der Waals surface area (Å²) in [7, 11) is -1.70. The number of aromatic nitrogens is 4. The van der Waals surface area contributed by atoms with Gasteiger partial charge in [0.05, 0.1) is 22.8 Å². The first-order valence-electron chi connectivity index (χ1n) is 12.0. The Morgan fingerprint density at radius 1 is 1.03 bits per heavy atom. The van der Waals surface area contributed by atoms with Crippen molar-refractivity contribution in [2.24, 2.45) is 0 Å². The number of imidazole rings is 1. The van der Waals surface area contributed by atoms with Crippen LogP contribution >= 0.6 is 11.6 Å². The van der Waals surface area contributed by atoms with Gasteiger partial charge in [-0.2, -0.15) is 0 Å². The largest absolute Gasteiger partial charge is 0.491 e. The third-order valence-corrected chi connectivity index (χ3v) is 11.7. The van der Waals surface area contributed by atoms with Crippen LogP contribution in [0, 0.1) is 0 Å². The van der Waals surface area contributed by atoms with Crippen molar-refractivity contribution < 1.29 is 9.16 Å². The fourth-order valence-electron chi connectivity index (χ4n) is 3.71. The molecule has 7 nitrogen and oxygen atoms in total. The SMILES string of the molecule is CC(C)(C)[Si](C)(C)OCCCCCOc1ccnc2[nH]c(=O)n(-c3ccc4nccc(Cl)c4c3)c12. The van der Waals surface area contributed by atoms with E-state index in [-0.39, 0.29) is 10.7 Å². The Morgan fingerprint density at radius 2 is 1.77 bits per heavy atom. The molecule has 1 N–H and O–H groups in total. The minimum Gasteiger partial charge on any atom is -0.491 e. The maximum atomic E-state index is 12.9. The highest BCUT2D eigenvalue weighted by atomic mass is 35.5. The number of nitrogens with zero attached hydrogens (tertiary/aromatic N) is 3. The summed E-state index contributed by atoms with van der Waals surface area (Å²) in [6.07, 6.45) is 6.22. The quantitative estimate of drug-likeness (QED) is 0.205. The number of halogens is 1. The summed E-state index contributed by atoms with van der Waals surface area (Å²) in [4.78, 5) is 24.4. The van der Waals surface area contributed by atoms with Crippen LogP contribution in [-0.2, 0) is 4.43 Å². The smallest absolute Gasteiger partial charge is 0.332 e. The summed E-state index contributed by atoms with van der Waals surface area (Å²) < 4.78 is 14.0. The summed E-state index contributed by atoms with van der Waals surface area (Å²) in [5, 5.41) is 1.58. The van der Waals surface area contributed by atoms with Gasteiger partial charge in [-0.15, -0.1) is 0 Å². The summed E-state index contributed by atoms with van der Waals surface area (Å²) >= 11 is 6.37. The summed E-state index contributed by atoms with van der Waals surface area (Å²) in [5.74, 6) is 0.614. The lowest BCUT2D eigenvalue weighted by Gasteiger charge is -2.36. The van der Waals surface area contributed by atoms with E-state index < -0.39 is 8.32 Å². The van der Waals surface area contributed by atoms with Crippen LogP contribution in [0.5, 0.6) is 5.75 Å². The molecule has 9 heteroatoms. The summed E-state index contributed by atoms with van der Waals surface area (Å²) in [5.41, 5.74) is 2.24. The van der Waals surface area contributed by atoms with E-state index in [0.717, 1.165) is 36.8 Å². The van der Waals surface area contributed by atoms with Crippen LogP contribution < -0.4 is 10.4 Å². The number of hydrogen-bond donors (Lipinski definition) is 1. The molecule has 0 aliphatic heterocycles. The van der Waals surface area contributed by atoms with Crippen LogP contribution in [0.15, 0.2) is 47.5 Å². The molecule has 3 heterocycles. The number of aromatic amines is 1. The summed E-state index contributed by atoms with van der Waals surface area (Å²) in [6, 6.07) is 9.09. The van der Waals surface area contributed by atoms with E-state index in [1.807, 2.05) is 18.2 Å². The maximum Gasteiger partial charge on any atom is 0.332 e. The minimum atomic E-state index is -1.70. The van der Waals surface area contributed by atoms with Crippen LogP contribution in [0.3, 0.4) is 0 Å². The van der Waals surface area contributed by atoms with E-state index >= 15 is 0 Å². The van der Waals surface area contributed by atoms with E-state index in [9.17, 15) is 4.79 Å². The highest BCUT2D eigenvalue weighted by Crippen LogP contribution is 2.36. The van der Waals surface area contributed by atoms with Gasteiger partial charge in [-0.25, -0.2) is 9.78 Å². The number of benzene rings is 1. The average Bonchev–Trinajstić information content (AvgIpc) is 3.14. The molecule has 0 amide bonds. The van der Waals surface area contributed by atoms with Gasteiger partial charge in [0, 0.05) is 30.5 Å². The van der Waals surface area contributed by atoms with Crippen molar-refractivity contribution in [3.8, 4) is 11.4 Å². The van der Waals surface area contributed by atoms with Crippen LogP contribution in [0.2, 0.25) is 23.2 Å². The van der Waals surface area contributed by atoms with Crippen molar-refractivity contribution in [2.45, 2.75) is 58.2 Å². The zero-order valence-electron chi connectivity index (χ0n) is 21.0. The second-order valence-corrected chi connectivity index (χ2v) is 15.5. The van der Waals surface area contributed by atoms with Gasteiger partial charge in [-0.3, -0.25) is 14.5 Å². The zero-order valence-corrected chi connectivity index (χ0v) is 22.8. The molecule has 4 rings (SSSR count). The molecule has 0 fully saturated rings. The lowest BCUT2D eigenvalue weighted by Crippen LogP contribution is -2.40. The standard InChI is InChI=1S/C26H33ClN4O3Si/c1-26(2,3)35(4,5)34-16-8-6-7-15-33-22-12-14-29-24-23(22)31(25(32)30-24)18-9-10-21-19(17-18)20(27)11-13-28-21/h9-14,17H,6-8,15-16H2,1-5H3,(H,29,30,32). The zero-order chi connectivity index (χ0) is 25.2. The number of fused-ring (bicyclic) bond motifs is 2. The van der Waals surface area contributed by atoms with Gasteiger partial charge in [-0.1, -0.05) is 32.4 Å². The van der Waals surface area contributed by atoms with E-state index in [1.54, 1.807) is 29.1 Å². The van der Waals surface area contributed by atoms with E-state index in [0.29, 0.717) is 34.2 Å². The lowest BCUT2D eigenvalue weighted by atomic mass is 10.2.